The molecule has 0 spiro atoms. The van der Waals surface area contributed by atoms with Crippen LogP contribution in [0.1, 0.15) is 65.5 Å². The predicted molar refractivity (Wildman–Crippen MR) is 133 cm³/mol. The highest BCUT2D eigenvalue weighted by atomic mass is 19.1. The molecule has 3 aromatic rings. The van der Waals surface area contributed by atoms with Crippen LogP contribution in [0.2, 0.25) is 0 Å². The first-order valence-electron chi connectivity index (χ1n) is 12.3. The number of ether oxygens (including phenoxy) is 1. The van der Waals surface area contributed by atoms with Crippen LogP contribution < -0.4 is 10.1 Å². The van der Waals surface area contributed by atoms with Gasteiger partial charge in [-0.2, -0.15) is 0 Å². The fourth-order valence-corrected chi connectivity index (χ4v) is 5.55. The summed E-state index contributed by atoms with van der Waals surface area (Å²) >= 11 is 0. The molecule has 1 aliphatic carbocycles. The van der Waals surface area contributed by atoms with Crippen LogP contribution in [0.5, 0.6) is 5.75 Å². The van der Waals surface area contributed by atoms with Gasteiger partial charge in [-0.15, -0.1) is 0 Å². The van der Waals surface area contributed by atoms with Gasteiger partial charge in [0.15, 0.2) is 0 Å². The smallest absolute Gasteiger partial charge is 0.254 e. The molecule has 0 radical (unpaired) electrons. The molecule has 1 N–H and O–H groups in total. The molecule has 36 heavy (non-hydrogen) atoms. The summed E-state index contributed by atoms with van der Waals surface area (Å²) in [5.41, 5.74) is 1.76. The summed E-state index contributed by atoms with van der Waals surface area (Å²) in [5, 5.41) is 2.67. The lowest BCUT2D eigenvalue weighted by Crippen LogP contribution is -2.51. The summed E-state index contributed by atoms with van der Waals surface area (Å²) in [5.74, 6) is -2.26. The maximum Gasteiger partial charge on any atom is 0.254 e. The Morgan fingerprint density at radius 2 is 1.69 bits per heavy atom. The van der Waals surface area contributed by atoms with Crippen molar-refractivity contribution >= 4 is 17.5 Å². The van der Waals surface area contributed by atoms with Gasteiger partial charge in [-0.1, -0.05) is 49.6 Å². The second-order valence-electron chi connectivity index (χ2n) is 9.40. The van der Waals surface area contributed by atoms with Crippen molar-refractivity contribution < 1.29 is 23.1 Å². The van der Waals surface area contributed by atoms with Crippen LogP contribution in [0.25, 0.3) is 0 Å². The molecule has 2 atom stereocenters. The number of carbonyl (C=O) groups is 2. The summed E-state index contributed by atoms with van der Waals surface area (Å²) < 4.78 is 33.3. The number of anilines is 1. The predicted octanol–water partition coefficient (Wildman–Crippen LogP) is 6.23. The molecule has 5 rings (SSSR count). The highest BCUT2D eigenvalue weighted by Crippen LogP contribution is 2.46. The van der Waals surface area contributed by atoms with E-state index in [2.05, 4.69) is 5.32 Å². The largest absolute Gasteiger partial charge is 0.497 e. The molecule has 1 fully saturated rings. The fourth-order valence-electron chi connectivity index (χ4n) is 5.55. The standard InChI is InChI=1S/C29H28F2N2O3/c1-36-21-14-11-18(12-15-21)27-26(28(34)32-25-16-13-19(30)17-24(25)31)22-9-5-6-10-23(22)29(35)33(27)20-7-3-2-4-8-20/h5-6,9-17,20,26-27H,2-4,7-8H2,1H3,(H,32,34)/t26-,27-/m1/s1. The summed E-state index contributed by atoms with van der Waals surface area (Å²) in [6.07, 6.45) is 4.88. The number of hydrogen-bond acceptors (Lipinski definition) is 3. The molecule has 0 unspecified atom stereocenters. The lowest BCUT2D eigenvalue weighted by atomic mass is 9.77. The monoisotopic (exact) mass is 490 g/mol. The molecule has 2 amide bonds. The van der Waals surface area contributed by atoms with Crippen molar-refractivity contribution in [3.05, 3.63) is 95.1 Å². The topological polar surface area (TPSA) is 58.6 Å². The van der Waals surface area contributed by atoms with Gasteiger partial charge in [-0.3, -0.25) is 9.59 Å². The van der Waals surface area contributed by atoms with Gasteiger partial charge in [0.25, 0.3) is 5.91 Å². The van der Waals surface area contributed by atoms with Crippen LogP contribution in [0.4, 0.5) is 14.5 Å². The first kappa shape index (κ1) is 24.0. The first-order valence-corrected chi connectivity index (χ1v) is 12.3. The van der Waals surface area contributed by atoms with E-state index in [1.165, 1.54) is 6.07 Å². The molecule has 1 aliphatic heterocycles. The number of amides is 2. The minimum atomic E-state index is -0.853. The third-order valence-corrected chi connectivity index (χ3v) is 7.27. The SMILES string of the molecule is COc1ccc([C@@H]2[C@H](C(=O)Nc3ccc(F)cc3F)c3ccccc3C(=O)N2C2CCCCC2)cc1. The van der Waals surface area contributed by atoms with Gasteiger partial charge in [0, 0.05) is 17.7 Å². The van der Waals surface area contributed by atoms with Crippen molar-refractivity contribution in [3.8, 4) is 5.75 Å². The van der Waals surface area contributed by atoms with Gasteiger partial charge >= 0.3 is 0 Å². The maximum absolute atomic E-state index is 14.5. The molecule has 0 aromatic heterocycles. The molecular weight excluding hydrogens is 462 g/mol. The highest BCUT2D eigenvalue weighted by Gasteiger charge is 2.46. The van der Waals surface area contributed by atoms with Crippen molar-refractivity contribution in [2.45, 2.75) is 50.1 Å². The first-order chi connectivity index (χ1) is 17.5. The summed E-state index contributed by atoms with van der Waals surface area (Å²) in [7, 11) is 1.58. The highest BCUT2D eigenvalue weighted by molar-refractivity contribution is 6.04. The van der Waals surface area contributed by atoms with Crippen molar-refractivity contribution in [1.82, 2.24) is 4.90 Å². The Morgan fingerprint density at radius 1 is 0.972 bits per heavy atom. The van der Waals surface area contributed by atoms with E-state index in [0.717, 1.165) is 49.8 Å². The minimum Gasteiger partial charge on any atom is -0.497 e. The number of methoxy groups -OCH3 is 1. The molecule has 3 aromatic carbocycles. The second-order valence-corrected chi connectivity index (χ2v) is 9.40. The van der Waals surface area contributed by atoms with Gasteiger partial charge < -0.3 is 15.0 Å². The van der Waals surface area contributed by atoms with Crippen molar-refractivity contribution in [3.63, 3.8) is 0 Å². The number of fused-ring (bicyclic) bond motifs is 1. The van der Waals surface area contributed by atoms with E-state index in [-0.39, 0.29) is 17.6 Å². The van der Waals surface area contributed by atoms with E-state index in [0.29, 0.717) is 16.9 Å². The molecule has 5 nitrogen and oxygen atoms in total. The summed E-state index contributed by atoms with van der Waals surface area (Å²) in [4.78, 5) is 29.7. The van der Waals surface area contributed by atoms with Crippen molar-refractivity contribution in [1.29, 1.82) is 0 Å². The van der Waals surface area contributed by atoms with E-state index < -0.39 is 29.5 Å². The zero-order valence-corrected chi connectivity index (χ0v) is 20.0. The Balaban J connectivity index is 1.64. The molecule has 186 valence electrons. The lowest BCUT2D eigenvalue weighted by molar-refractivity contribution is -0.119. The van der Waals surface area contributed by atoms with Gasteiger partial charge in [-0.25, -0.2) is 8.78 Å². The Hall–Kier alpha value is -3.74. The molecule has 1 heterocycles. The number of benzene rings is 3. The molecule has 1 saturated carbocycles. The lowest BCUT2D eigenvalue weighted by Gasteiger charge is -2.46. The van der Waals surface area contributed by atoms with Crippen molar-refractivity contribution in [2.24, 2.45) is 0 Å². The quantitative estimate of drug-likeness (QED) is 0.462. The molecule has 2 aliphatic rings. The second kappa shape index (κ2) is 10.1. The van der Waals surface area contributed by atoms with E-state index in [9.17, 15) is 18.4 Å². The minimum absolute atomic E-state index is 0.00966. The van der Waals surface area contributed by atoms with E-state index in [4.69, 9.17) is 4.74 Å². The van der Waals surface area contributed by atoms with Crippen molar-refractivity contribution in [2.75, 3.05) is 12.4 Å². The molecule has 0 saturated heterocycles. The van der Waals surface area contributed by atoms with Crippen LogP contribution in [0.3, 0.4) is 0 Å². The number of hydrogen-bond donors (Lipinski definition) is 1. The Kier molecular flexibility index (Phi) is 6.72. The normalized spacial score (nSPS) is 20.1. The molecular formula is C29H28F2N2O3. The number of halogens is 2. The summed E-state index contributed by atoms with van der Waals surface area (Å²) in [6.45, 7) is 0. The number of rotatable bonds is 5. The average Bonchev–Trinajstić information content (AvgIpc) is 2.90. The number of nitrogens with one attached hydrogen (secondary N) is 1. The fraction of sp³-hybridized carbons (Fsp3) is 0.310. The third-order valence-electron chi connectivity index (χ3n) is 7.27. The van der Waals surface area contributed by atoms with Crippen LogP contribution in [0, 0.1) is 11.6 Å². The van der Waals surface area contributed by atoms with Crippen LogP contribution in [-0.4, -0.2) is 29.9 Å². The summed E-state index contributed by atoms with van der Waals surface area (Å²) in [6, 6.07) is 16.9. The van der Waals surface area contributed by atoms with E-state index >= 15 is 0 Å². The van der Waals surface area contributed by atoms with Gasteiger partial charge in [-0.05, 0) is 54.3 Å². The number of carbonyl (C=O) groups excluding carboxylic acids is 2. The molecule has 0 bridgehead atoms. The van der Waals surface area contributed by atoms with E-state index in [1.807, 2.05) is 29.2 Å². The zero-order chi connectivity index (χ0) is 25.2. The molecule has 7 heteroatoms. The van der Waals surface area contributed by atoms with E-state index in [1.54, 1.807) is 31.4 Å². The maximum atomic E-state index is 14.5. The zero-order valence-electron chi connectivity index (χ0n) is 20.0. The Labute approximate surface area is 209 Å². The third kappa shape index (κ3) is 4.45. The average molecular weight is 491 g/mol. The van der Waals surface area contributed by atoms with Crippen LogP contribution >= 0.6 is 0 Å². The Bertz CT molecular complexity index is 1270. The van der Waals surface area contributed by atoms with Gasteiger partial charge in [0.1, 0.15) is 17.4 Å². The Morgan fingerprint density at radius 3 is 2.39 bits per heavy atom. The number of nitrogens with zero attached hydrogens (tertiary/aromatic N) is 1. The van der Waals surface area contributed by atoms with Gasteiger partial charge in [0.2, 0.25) is 5.91 Å². The van der Waals surface area contributed by atoms with Gasteiger partial charge in [0.05, 0.1) is 24.8 Å². The van der Waals surface area contributed by atoms with Crippen LogP contribution in [0.15, 0.2) is 66.7 Å². The van der Waals surface area contributed by atoms with Crippen LogP contribution in [-0.2, 0) is 4.79 Å².